The Morgan fingerprint density at radius 3 is 2.28 bits per heavy atom. The maximum atomic E-state index is 12.0. The van der Waals surface area contributed by atoms with E-state index in [-0.39, 0.29) is 22.5 Å². The molecule has 0 bridgehead atoms. The SMILES string of the molecule is Cc1cc(C)n(-c2ccc(-c3c(C#N)c(N)[nH]c(=O)c3C#N)cc2)n1. The standard InChI is InChI=1S/C18H14N6O/c1-10-7-11(2)24(23-10)13-5-3-12(4-6-13)16-14(8-19)17(21)22-18(25)15(16)9-20/h3-7H,1-2H3,(H3,21,22,25). The van der Waals surface area contributed by atoms with Gasteiger partial charge in [0.05, 0.1) is 11.4 Å². The zero-order valence-corrected chi connectivity index (χ0v) is 13.7. The van der Waals surface area contributed by atoms with E-state index in [4.69, 9.17) is 5.73 Å². The normalized spacial score (nSPS) is 10.2. The van der Waals surface area contributed by atoms with Gasteiger partial charge in [-0.1, -0.05) is 12.1 Å². The monoisotopic (exact) mass is 330 g/mol. The van der Waals surface area contributed by atoms with Crippen molar-refractivity contribution in [2.24, 2.45) is 0 Å². The Morgan fingerprint density at radius 1 is 1.12 bits per heavy atom. The highest BCUT2D eigenvalue weighted by molar-refractivity contribution is 5.80. The fraction of sp³-hybridized carbons (Fsp3) is 0.111. The van der Waals surface area contributed by atoms with Gasteiger partial charge >= 0.3 is 0 Å². The Bertz CT molecular complexity index is 1110. The lowest BCUT2D eigenvalue weighted by Crippen LogP contribution is -2.16. The minimum atomic E-state index is -0.614. The Labute approximate surface area is 143 Å². The van der Waals surface area contributed by atoms with Crippen molar-refractivity contribution >= 4 is 5.82 Å². The fourth-order valence-corrected chi connectivity index (χ4v) is 2.79. The lowest BCUT2D eigenvalue weighted by Gasteiger charge is -2.10. The smallest absolute Gasteiger partial charge is 0.268 e. The number of nitrogens with zero attached hydrogens (tertiary/aromatic N) is 4. The van der Waals surface area contributed by atoms with Crippen LogP contribution < -0.4 is 11.3 Å². The first kappa shape index (κ1) is 16.0. The third-order valence-corrected chi connectivity index (χ3v) is 3.88. The van der Waals surface area contributed by atoms with Crippen molar-refractivity contribution < 1.29 is 0 Å². The van der Waals surface area contributed by atoms with Crippen LogP contribution in [0.1, 0.15) is 22.5 Å². The summed E-state index contributed by atoms with van der Waals surface area (Å²) in [5.41, 5.74) is 8.60. The third-order valence-electron chi connectivity index (χ3n) is 3.88. The van der Waals surface area contributed by atoms with E-state index in [9.17, 15) is 15.3 Å². The molecule has 0 spiro atoms. The van der Waals surface area contributed by atoms with Gasteiger partial charge in [0.25, 0.3) is 5.56 Å². The van der Waals surface area contributed by atoms with Gasteiger partial charge in [-0.3, -0.25) is 4.79 Å². The molecule has 7 heteroatoms. The molecule has 3 rings (SSSR count). The summed E-state index contributed by atoms with van der Waals surface area (Å²) in [6, 6.07) is 12.9. The number of anilines is 1. The van der Waals surface area contributed by atoms with Crippen molar-refractivity contribution in [1.29, 1.82) is 10.5 Å². The van der Waals surface area contributed by atoms with Gasteiger partial charge in [-0.05, 0) is 37.6 Å². The van der Waals surface area contributed by atoms with E-state index in [0.717, 1.165) is 17.1 Å². The molecule has 0 amide bonds. The Kier molecular flexibility index (Phi) is 3.84. The Hall–Kier alpha value is -3.84. The largest absolute Gasteiger partial charge is 0.384 e. The number of hydrogen-bond donors (Lipinski definition) is 2. The summed E-state index contributed by atoms with van der Waals surface area (Å²) in [5.74, 6) is -0.0517. The van der Waals surface area contributed by atoms with E-state index in [2.05, 4.69) is 10.1 Å². The van der Waals surface area contributed by atoms with Crippen LogP contribution in [0, 0.1) is 36.5 Å². The maximum absolute atomic E-state index is 12.0. The Morgan fingerprint density at radius 2 is 1.76 bits per heavy atom. The summed E-state index contributed by atoms with van der Waals surface area (Å²) >= 11 is 0. The number of nitriles is 2. The van der Waals surface area contributed by atoms with Gasteiger partial charge in [0, 0.05) is 11.3 Å². The molecule has 122 valence electrons. The summed E-state index contributed by atoms with van der Waals surface area (Å²) in [5, 5.41) is 23.1. The minimum Gasteiger partial charge on any atom is -0.384 e. The molecule has 7 nitrogen and oxygen atoms in total. The first-order valence-corrected chi connectivity index (χ1v) is 7.46. The number of H-pyrrole nitrogens is 1. The van der Waals surface area contributed by atoms with Crippen LogP contribution in [0.2, 0.25) is 0 Å². The zero-order chi connectivity index (χ0) is 18.1. The van der Waals surface area contributed by atoms with Crippen LogP contribution in [0.5, 0.6) is 0 Å². The van der Waals surface area contributed by atoms with Crippen molar-refractivity contribution in [1.82, 2.24) is 14.8 Å². The third kappa shape index (κ3) is 2.64. The van der Waals surface area contributed by atoms with Crippen LogP contribution >= 0.6 is 0 Å². The fourth-order valence-electron chi connectivity index (χ4n) is 2.79. The van der Waals surface area contributed by atoms with Gasteiger partial charge in [0.2, 0.25) is 0 Å². The topological polar surface area (TPSA) is 124 Å². The summed E-state index contributed by atoms with van der Waals surface area (Å²) in [7, 11) is 0. The van der Waals surface area contributed by atoms with Gasteiger partial charge in [0.15, 0.2) is 0 Å². The van der Waals surface area contributed by atoms with Gasteiger partial charge in [0.1, 0.15) is 29.1 Å². The van der Waals surface area contributed by atoms with Crippen LogP contribution in [-0.4, -0.2) is 14.8 Å². The molecule has 3 N–H and O–H groups in total. The van der Waals surface area contributed by atoms with Crippen LogP contribution in [0.4, 0.5) is 5.82 Å². The first-order valence-electron chi connectivity index (χ1n) is 7.46. The summed E-state index contributed by atoms with van der Waals surface area (Å²) in [6.45, 7) is 3.86. The molecule has 1 aromatic carbocycles. The van der Waals surface area contributed by atoms with E-state index in [1.54, 1.807) is 16.8 Å². The molecule has 0 saturated heterocycles. The molecular formula is C18H14N6O. The molecule has 3 aromatic rings. The molecule has 0 aliphatic rings. The number of rotatable bonds is 2. The number of nitrogens with two attached hydrogens (primary N) is 1. The average Bonchev–Trinajstić information content (AvgIpc) is 2.93. The number of pyridine rings is 1. The lowest BCUT2D eigenvalue weighted by atomic mass is 9.96. The van der Waals surface area contributed by atoms with E-state index in [0.29, 0.717) is 5.56 Å². The van der Waals surface area contributed by atoms with Gasteiger partial charge in [-0.25, -0.2) is 4.68 Å². The Balaban J connectivity index is 2.19. The van der Waals surface area contributed by atoms with Crippen LogP contribution in [0.15, 0.2) is 35.1 Å². The number of aromatic nitrogens is 3. The number of hydrogen-bond acceptors (Lipinski definition) is 5. The molecular weight excluding hydrogens is 316 g/mol. The van der Waals surface area contributed by atoms with Gasteiger partial charge < -0.3 is 10.7 Å². The zero-order valence-electron chi connectivity index (χ0n) is 13.7. The highest BCUT2D eigenvalue weighted by Gasteiger charge is 2.18. The number of aromatic amines is 1. The highest BCUT2D eigenvalue weighted by Crippen LogP contribution is 2.28. The summed E-state index contributed by atoms with van der Waals surface area (Å²) in [6.07, 6.45) is 0. The van der Waals surface area contributed by atoms with Crippen LogP contribution in [0.25, 0.3) is 16.8 Å². The van der Waals surface area contributed by atoms with Crippen molar-refractivity contribution in [3.8, 4) is 29.0 Å². The number of nitrogen functional groups attached to an aromatic ring is 1. The molecule has 2 heterocycles. The molecule has 0 aliphatic carbocycles. The van der Waals surface area contributed by atoms with Crippen molar-refractivity contribution in [3.05, 3.63) is 63.2 Å². The molecule has 0 radical (unpaired) electrons. The van der Waals surface area contributed by atoms with Crippen molar-refractivity contribution in [2.45, 2.75) is 13.8 Å². The second kappa shape index (κ2) is 5.99. The van der Waals surface area contributed by atoms with Crippen molar-refractivity contribution in [3.63, 3.8) is 0 Å². The quantitative estimate of drug-likeness (QED) is 0.745. The molecule has 0 unspecified atom stereocenters. The molecule has 0 aliphatic heterocycles. The second-order valence-corrected chi connectivity index (χ2v) is 5.60. The van der Waals surface area contributed by atoms with Gasteiger partial charge in [-0.15, -0.1) is 0 Å². The van der Waals surface area contributed by atoms with Crippen molar-refractivity contribution in [2.75, 3.05) is 5.73 Å². The maximum Gasteiger partial charge on any atom is 0.268 e. The molecule has 2 aromatic heterocycles. The second-order valence-electron chi connectivity index (χ2n) is 5.60. The minimum absolute atomic E-state index is 0.0517. The van der Waals surface area contributed by atoms with E-state index >= 15 is 0 Å². The van der Waals surface area contributed by atoms with E-state index in [1.807, 2.05) is 44.2 Å². The van der Waals surface area contributed by atoms with Gasteiger partial charge in [-0.2, -0.15) is 15.6 Å². The van der Waals surface area contributed by atoms with Crippen LogP contribution in [-0.2, 0) is 0 Å². The highest BCUT2D eigenvalue weighted by atomic mass is 16.1. The number of benzene rings is 1. The predicted octanol–water partition coefficient (Wildman–Crippen LogP) is 2.17. The molecule has 0 fully saturated rings. The van der Waals surface area contributed by atoms with Crippen LogP contribution in [0.3, 0.4) is 0 Å². The average molecular weight is 330 g/mol. The number of aryl methyl sites for hydroxylation is 2. The lowest BCUT2D eigenvalue weighted by molar-refractivity contribution is 0.834. The van der Waals surface area contributed by atoms with E-state index < -0.39 is 5.56 Å². The molecule has 25 heavy (non-hydrogen) atoms. The first-order chi connectivity index (χ1) is 12.0. The summed E-state index contributed by atoms with van der Waals surface area (Å²) < 4.78 is 1.79. The van der Waals surface area contributed by atoms with E-state index in [1.165, 1.54) is 0 Å². The number of nitrogens with one attached hydrogen (secondary N) is 1. The summed E-state index contributed by atoms with van der Waals surface area (Å²) in [4.78, 5) is 14.3. The molecule has 0 saturated carbocycles. The molecule has 0 atom stereocenters. The predicted molar refractivity (Wildman–Crippen MR) is 92.9 cm³/mol.